The molecule has 0 bridgehead atoms. The van der Waals surface area contributed by atoms with Gasteiger partial charge in [-0.3, -0.25) is 0 Å². The first-order valence-electron chi connectivity index (χ1n) is 4.01. The zero-order valence-electron chi connectivity index (χ0n) is 7.27. The van der Waals surface area contributed by atoms with Crippen molar-refractivity contribution in [2.75, 3.05) is 5.73 Å². The van der Waals surface area contributed by atoms with Crippen LogP contribution in [0.4, 0.5) is 6.01 Å². The summed E-state index contributed by atoms with van der Waals surface area (Å²) in [6.07, 6.45) is 1.46. The van der Waals surface area contributed by atoms with Crippen LogP contribution in [0.3, 0.4) is 0 Å². The maximum absolute atomic E-state index is 8.70. The van der Waals surface area contributed by atoms with Crippen LogP contribution in [0.5, 0.6) is 0 Å². The lowest BCUT2D eigenvalue weighted by Gasteiger charge is -1.94. The van der Waals surface area contributed by atoms with Gasteiger partial charge in [0.05, 0.1) is 11.6 Å². The Balaban J connectivity index is 2.47. The molecule has 1 aromatic heterocycles. The number of nitriles is 1. The molecule has 0 saturated heterocycles. The third-order valence-electron chi connectivity index (χ3n) is 1.81. The highest BCUT2D eigenvalue weighted by Gasteiger charge is 2.03. The molecule has 14 heavy (non-hydrogen) atoms. The molecular formula is C10H7N3O. The van der Waals surface area contributed by atoms with Crippen LogP contribution >= 0.6 is 0 Å². The van der Waals surface area contributed by atoms with E-state index in [0.717, 1.165) is 5.56 Å². The number of hydrogen-bond donors (Lipinski definition) is 1. The number of nitrogen functional groups attached to an aromatic ring is 1. The van der Waals surface area contributed by atoms with E-state index < -0.39 is 0 Å². The van der Waals surface area contributed by atoms with Crippen LogP contribution < -0.4 is 5.73 Å². The number of benzene rings is 1. The molecule has 2 aromatic rings. The SMILES string of the molecule is N#Cc1cccc(-c2coc(N)n2)c1. The molecule has 2 rings (SSSR count). The summed E-state index contributed by atoms with van der Waals surface area (Å²) in [5.74, 6) is 0. The fourth-order valence-corrected chi connectivity index (χ4v) is 1.17. The van der Waals surface area contributed by atoms with Gasteiger partial charge in [-0.1, -0.05) is 12.1 Å². The zero-order chi connectivity index (χ0) is 9.97. The predicted octanol–water partition coefficient (Wildman–Crippen LogP) is 1.80. The number of hydrogen-bond acceptors (Lipinski definition) is 4. The van der Waals surface area contributed by atoms with E-state index >= 15 is 0 Å². The Bertz CT molecular complexity index is 496. The number of rotatable bonds is 1. The summed E-state index contributed by atoms with van der Waals surface area (Å²) in [7, 11) is 0. The van der Waals surface area contributed by atoms with E-state index in [1.165, 1.54) is 6.26 Å². The number of aromatic nitrogens is 1. The first-order chi connectivity index (χ1) is 6.79. The summed E-state index contributed by atoms with van der Waals surface area (Å²) in [6, 6.07) is 9.28. The van der Waals surface area contributed by atoms with Crippen molar-refractivity contribution in [1.82, 2.24) is 4.98 Å². The zero-order valence-corrected chi connectivity index (χ0v) is 7.27. The van der Waals surface area contributed by atoms with Crippen molar-refractivity contribution in [3.8, 4) is 17.3 Å². The lowest BCUT2D eigenvalue weighted by Crippen LogP contribution is -1.84. The van der Waals surface area contributed by atoms with E-state index in [1.54, 1.807) is 18.2 Å². The quantitative estimate of drug-likeness (QED) is 0.734. The number of nitrogens with zero attached hydrogens (tertiary/aromatic N) is 2. The molecule has 4 heteroatoms. The second kappa shape index (κ2) is 3.23. The first kappa shape index (κ1) is 8.32. The third-order valence-corrected chi connectivity index (χ3v) is 1.81. The molecule has 0 saturated carbocycles. The Hall–Kier alpha value is -2.28. The van der Waals surface area contributed by atoms with Crippen molar-refractivity contribution in [2.24, 2.45) is 0 Å². The average Bonchev–Trinajstić information content (AvgIpc) is 2.65. The minimum atomic E-state index is 0.127. The summed E-state index contributed by atoms with van der Waals surface area (Å²) in [5, 5.41) is 8.70. The monoisotopic (exact) mass is 185 g/mol. The smallest absolute Gasteiger partial charge is 0.292 e. The van der Waals surface area contributed by atoms with Gasteiger partial charge in [-0.15, -0.1) is 0 Å². The fraction of sp³-hybridized carbons (Fsp3) is 0. The Labute approximate surface area is 80.6 Å². The van der Waals surface area contributed by atoms with E-state index in [-0.39, 0.29) is 6.01 Å². The van der Waals surface area contributed by atoms with Crippen LogP contribution in [0.1, 0.15) is 5.56 Å². The van der Waals surface area contributed by atoms with E-state index in [4.69, 9.17) is 15.4 Å². The molecule has 0 aliphatic rings. The number of oxazole rings is 1. The van der Waals surface area contributed by atoms with E-state index in [0.29, 0.717) is 11.3 Å². The Kier molecular flexibility index (Phi) is 1.92. The summed E-state index contributed by atoms with van der Waals surface area (Å²) in [4.78, 5) is 3.96. The largest absolute Gasteiger partial charge is 0.432 e. The Morgan fingerprint density at radius 1 is 1.43 bits per heavy atom. The molecule has 0 aliphatic carbocycles. The third kappa shape index (κ3) is 1.43. The lowest BCUT2D eigenvalue weighted by atomic mass is 10.1. The van der Waals surface area contributed by atoms with E-state index in [9.17, 15) is 0 Å². The molecule has 1 heterocycles. The van der Waals surface area contributed by atoms with Crippen LogP contribution in [0.25, 0.3) is 11.3 Å². The molecule has 0 amide bonds. The minimum absolute atomic E-state index is 0.127. The van der Waals surface area contributed by atoms with Crippen LogP contribution in [0.15, 0.2) is 34.9 Å². The molecule has 0 fully saturated rings. The summed E-state index contributed by atoms with van der Waals surface area (Å²) < 4.78 is 4.88. The highest BCUT2D eigenvalue weighted by atomic mass is 16.4. The van der Waals surface area contributed by atoms with Crippen molar-refractivity contribution in [1.29, 1.82) is 5.26 Å². The van der Waals surface area contributed by atoms with Crippen LogP contribution in [-0.2, 0) is 0 Å². The van der Waals surface area contributed by atoms with Gasteiger partial charge in [0.25, 0.3) is 6.01 Å². The van der Waals surface area contributed by atoms with Gasteiger partial charge in [0, 0.05) is 5.56 Å². The molecule has 0 aliphatic heterocycles. The van der Waals surface area contributed by atoms with E-state index in [1.807, 2.05) is 6.07 Å². The van der Waals surface area contributed by atoms with Gasteiger partial charge in [-0.2, -0.15) is 10.2 Å². The van der Waals surface area contributed by atoms with Gasteiger partial charge in [0.1, 0.15) is 12.0 Å². The standard InChI is InChI=1S/C10H7N3O/c11-5-7-2-1-3-8(4-7)9-6-14-10(12)13-9/h1-4,6H,(H2,12,13). The van der Waals surface area contributed by atoms with Gasteiger partial charge in [0.15, 0.2) is 0 Å². The molecule has 0 atom stereocenters. The maximum Gasteiger partial charge on any atom is 0.292 e. The Morgan fingerprint density at radius 3 is 2.93 bits per heavy atom. The molecule has 4 nitrogen and oxygen atoms in total. The second-order valence-corrected chi connectivity index (χ2v) is 2.76. The summed E-state index contributed by atoms with van der Waals surface area (Å²) in [5.41, 5.74) is 7.39. The van der Waals surface area contributed by atoms with Gasteiger partial charge >= 0.3 is 0 Å². The first-order valence-corrected chi connectivity index (χ1v) is 4.01. The molecule has 0 unspecified atom stereocenters. The molecule has 1 aromatic carbocycles. The second-order valence-electron chi connectivity index (χ2n) is 2.76. The van der Waals surface area contributed by atoms with Crippen molar-refractivity contribution in [2.45, 2.75) is 0 Å². The van der Waals surface area contributed by atoms with Crippen LogP contribution in [0, 0.1) is 11.3 Å². The molecule has 0 spiro atoms. The van der Waals surface area contributed by atoms with Gasteiger partial charge in [-0.05, 0) is 12.1 Å². The predicted molar refractivity (Wildman–Crippen MR) is 51.1 cm³/mol. The van der Waals surface area contributed by atoms with Crippen LogP contribution in [0.2, 0.25) is 0 Å². The van der Waals surface area contributed by atoms with Crippen molar-refractivity contribution < 1.29 is 4.42 Å². The van der Waals surface area contributed by atoms with Gasteiger partial charge in [0.2, 0.25) is 0 Å². The average molecular weight is 185 g/mol. The number of anilines is 1. The van der Waals surface area contributed by atoms with Crippen molar-refractivity contribution in [3.05, 3.63) is 36.1 Å². The lowest BCUT2D eigenvalue weighted by molar-refractivity contribution is 0.581. The summed E-state index contributed by atoms with van der Waals surface area (Å²) >= 11 is 0. The highest BCUT2D eigenvalue weighted by molar-refractivity contribution is 5.61. The molecular weight excluding hydrogens is 178 g/mol. The topological polar surface area (TPSA) is 75.8 Å². The van der Waals surface area contributed by atoms with Gasteiger partial charge in [-0.25, -0.2) is 0 Å². The molecule has 2 N–H and O–H groups in total. The van der Waals surface area contributed by atoms with Crippen LogP contribution in [-0.4, -0.2) is 4.98 Å². The highest BCUT2D eigenvalue weighted by Crippen LogP contribution is 2.19. The van der Waals surface area contributed by atoms with Crippen molar-refractivity contribution in [3.63, 3.8) is 0 Å². The minimum Gasteiger partial charge on any atom is -0.432 e. The van der Waals surface area contributed by atoms with Gasteiger partial charge < -0.3 is 10.2 Å². The normalized spacial score (nSPS) is 9.64. The fourth-order valence-electron chi connectivity index (χ4n) is 1.17. The number of nitrogens with two attached hydrogens (primary N) is 1. The van der Waals surface area contributed by atoms with Crippen molar-refractivity contribution >= 4 is 6.01 Å². The molecule has 68 valence electrons. The van der Waals surface area contributed by atoms with E-state index in [2.05, 4.69) is 11.1 Å². The Morgan fingerprint density at radius 2 is 2.29 bits per heavy atom. The summed E-state index contributed by atoms with van der Waals surface area (Å²) in [6.45, 7) is 0. The maximum atomic E-state index is 8.70. The molecule has 0 radical (unpaired) electrons.